The molecule has 0 spiro atoms. The molecule has 2 heterocycles. The van der Waals surface area contributed by atoms with Crippen LogP contribution in [0.5, 0.6) is 5.88 Å². The summed E-state index contributed by atoms with van der Waals surface area (Å²) in [6, 6.07) is 9.74. The summed E-state index contributed by atoms with van der Waals surface area (Å²) in [6.45, 7) is 0.622. The van der Waals surface area contributed by atoms with Crippen LogP contribution in [0.3, 0.4) is 0 Å². The van der Waals surface area contributed by atoms with Gasteiger partial charge in [0.2, 0.25) is 5.88 Å². The molecule has 1 fully saturated rings. The van der Waals surface area contributed by atoms with Crippen LogP contribution in [0, 0.1) is 5.82 Å². The van der Waals surface area contributed by atoms with E-state index in [0.29, 0.717) is 24.4 Å². The number of carbonyl (C=O) groups is 1. The predicted molar refractivity (Wildman–Crippen MR) is 95.7 cm³/mol. The summed E-state index contributed by atoms with van der Waals surface area (Å²) in [5, 5.41) is 0. The van der Waals surface area contributed by atoms with Crippen molar-refractivity contribution in [2.45, 2.75) is 31.4 Å². The normalized spacial score (nSPS) is 20.0. The molecule has 1 aliphatic heterocycles. The maximum absolute atomic E-state index is 13.6. The van der Waals surface area contributed by atoms with E-state index in [9.17, 15) is 9.18 Å². The highest BCUT2D eigenvalue weighted by molar-refractivity contribution is 5.96. The molecule has 1 amide bonds. The minimum absolute atomic E-state index is 0.0985. The third-order valence-electron chi connectivity index (χ3n) is 4.81. The largest absolute Gasteiger partial charge is 0.480 e. The molecule has 138 valence electrons. The number of aromatic nitrogens is 1. The molecule has 1 aromatic carbocycles. The van der Waals surface area contributed by atoms with Gasteiger partial charge in [0.15, 0.2) is 0 Å². The van der Waals surface area contributed by atoms with Crippen molar-refractivity contribution in [3.63, 3.8) is 0 Å². The van der Waals surface area contributed by atoms with Crippen molar-refractivity contribution in [2.24, 2.45) is 0 Å². The van der Waals surface area contributed by atoms with Crippen LogP contribution in [0.15, 0.2) is 42.6 Å². The molecule has 6 heteroatoms. The smallest absolute Gasteiger partial charge is 0.259 e. The first-order chi connectivity index (χ1) is 12.6. The Morgan fingerprint density at radius 2 is 2.15 bits per heavy atom. The van der Waals surface area contributed by atoms with Gasteiger partial charge >= 0.3 is 0 Å². The molecule has 1 aromatic heterocycles. The topological polar surface area (TPSA) is 51.7 Å². The number of pyridine rings is 1. The van der Waals surface area contributed by atoms with E-state index in [2.05, 4.69) is 4.98 Å². The van der Waals surface area contributed by atoms with Crippen molar-refractivity contribution in [1.82, 2.24) is 9.88 Å². The number of benzene rings is 1. The van der Waals surface area contributed by atoms with Crippen molar-refractivity contribution in [3.8, 4) is 5.88 Å². The van der Waals surface area contributed by atoms with Gasteiger partial charge in [-0.25, -0.2) is 9.37 Å². The Kier molecular flexibility index (Phi) is 5.83. The fourth-order valence-electron chi connectivity index (χ4n) is 3.57. The average Bonchev–Trinajstić information content (AvgIpc) is 2.67. The van der Waals surface area contributed by atoms with Crippen molar-refractivity contribution in [1.29, 1.82) is 0 Å². The highest BCUT2D eigenvalue weighted by Gasteiger charge is 2.36. The summed E-state index contributed by atoms with van der Waals surface area (Å²) in [5.41, 5.74) is 1.27. The lowest BCUT2D eigenvalue weighted by molar-refractivity contribution is -0.0119. The number of carbonyl (C=O) groups excluding carboxylic acids is 1. The van der Waals surface area contributed by atoms with E-state index >= 15 is 0 Å². The molecule has 0 unspecified atom stereocenters. The molecule has 0 aliphatic carbocycles. The fourth-order valence-corrected chi connectivity index (χ4v) is 3.57. The van der Waals surface area contributed by atoms with Crippen LogP contribution in [-0.4, -0.2) is 48.7 Å². The average molecular weight is 358 g/mol. The number of ether oxygens (including phenoxy) is 2. The lowest BCUT2D eigenvalue weighted by Gasteiger charge is -2.41. The molecule has 0 bridgehead atoms. The molecule has 26 heavy (non-hydrogen) atoms. The molecule has 0 N–H and O–H groups in total. The Labute approximate surface area is 152 Å². The lowest BCUT2D eigenvalue weighted by Crippen LogP contribution is -2.52. The van der Waals surface area contributed by atoms with Crippen molar-refractivity contribution < 1.29 is 18.7 Å². The maximum Gasteiger partial charge on any atom is 0.259 e. The van der Waals surface area contributed by atoms with Crippen LogP contribution < -0.4 is 4.74 Å². The molecule has 2 atom stereocenters. The fraction of sp³-hybridized carbons (Fsp3) is 0.400. The van der Waals surface area contributed by atoms with E-state index < -0.39 is 0 Å². The standard InChI is InChI=1S/C20H23FN2O3/c1-25-18-9-5-11-23(17(18)13-14-6-3-7-15(21)12-14)20(24)16-8-4-10-22-19(16)26-2/h3-4,6-8,10,12,17-18H,5,9,11,13H2,1-2H3/t17-,18-/m0/s1. The number of hydrogen-bond donors (Lipinski definition) is 0. The molecular formula is C20H23FN2O3. The first-order valence-corrected chi connectivity index (χ1v) is 8.71. The monoisotopic (exact) mass is 358 g/mol. The Morgan fingerprint density at radius 3 is 2.88 bits per heavy atom. The van der Waals surface area contributed by atoms with Gasteiger partial charge < -0.3 is 14.4 Å². The number of halogens is 1. The second-order valence-corrected chi connectivity index (χ2v) is 6.38. The van der Waals surface area contributed by atoms with E-state index in [0.717, 1.165) is 18.4 Å². The molecule has 0 radical (unpaired) electrons. The molecule has 0 saturated carbocycles. The Balaban J connectivity index is 1.90. The number of nitrogens with zero attached hydrogens (tertiary/aromatic N) is 2. The maximum atomic E-state index is 13.6. The molecule has 5 nitrogen and oxygen atoms in total. The summed E-state index contributed by atoms with van der Waals surface area (Å²) in [7, 11) is 3.15. The van der Waals surface area contributed by atoms with Crippen LogP contribution in [-0.2, 0) is 11.2 Å². The van der Waals surface area contributed by atoms with Gasteiger partial charge in [-0.15, -0.1) is 0 Å². The number of rotatable bonds is 5. The first kappa shape index (κ1) is 18.3. The number of piperidine rings is 1. The minimum atomic E-state index is -0.279. The van der Waals surface area contributed by atoms with Gasteiger partial charge in [0, 0.05) is 19.9 Å². The molecule has 1 aliphatic rings. The minimum Gasteiger partial charge on any atom is -0.480 e. The van der Waals surface area contributed by atoms with Gasteiger partial charge in [-0.3, -0.25) is 4.79 Å². The van der Waals surface area contributed by atoms with E-state index in [-0.39, 0.29) is 23.9 Å². The molecule has 3 rings (SSSR count). The number of hydrogen-bond acceptors (Lipinski definition) is 4. The molecule has 2 aromatic rings. The van der Waals surface area contributed by atoms with Crippen molar-refractivity contribution in [3.05, 3.63) is 59.5 Å². The van der Waals surface area contributed by atoms with Crippen LogP contribution in [0.4, 0.5) is 4.39 Å². The second kappa shape index (κ2) is 8.27. The van der Waals surface area contributed by atoms with Gasteiger partial charge in [-0.05, 0) is 49.1 Å². The lowest BCUT2D eigenvalue weighted by atomic mass is 9.92. The van der Waals surface area contributed by atoms with Crippen LogP contribution in [0.2, 0.25) is 0 Å². The number of likely N-dealkylation sites (tertiary alicyclic amines) is 1. The predicted octanol–water partition coefficient (Wildman–Crippen LogP) is 3.09. The quantitative estimate of drug-likeness (QED) is 0.824. The van der Waals surface area contributed by atoms with Gasteiger partial charge in [-0.2, -0.15) is 0 Å². The highest BCUT2D eigenvalue weighted by Crippen LogP contribution is 2.27. The van der Waals surface area contributed by atoms with E-state index in [1.807, 2.05) is 11.0 Å². The van der Waals surface area contributed by atoms with E-state index in [1.54, 1.807) is 31.5 Å². The summed E-state index contributed by atoms with van der Waals surface area (Å²) in [4.78, 5) is 19.1. The van der Waals surface area contributed by atoms with Crippen molar-refractivity contribution >= 4 is 5.91 Å². The Morgan fingerprint density at radius 1 is 1.31 bits per heavy atom. The van der Waals surface area contributed by atoms with E-state index in [4.69, 9.17) is 9.47 Å². The third kappa shape index (κ3) is 3.85. The SMILES string of the molecule is COc1ncccc1C(=O)N1CCC[C@H](OC)[C@@H]1Cc1cccc(F)c1. The summed E-state index contributed by atoms with van der Waals surface area (Å²) in [6.07, 6.45) is 3.74. The number of amides is 1. The first-order valence-electron chi connectivity index (χ1n) is 8.71. The zero-order chi connectivity index (χ0) is 18.5. The van der Waals surface area contributed by atoms with Crippen LogP contribution in [0.1, 0.15) is 28.8 Å². The summed E-state index contributed by atoms with van der Waals surface area (Å²) < 4.78 is 24.5. The third-order valence-corrected chi connectivity index (χ3v) is 4.81. The molecule has 1 saturated heterocycles. The van der Waals surface area contributed by atoms with Gasteiger partial charge in [-0.1, -0.05) is 12.1 Å². The Bertz CT molecular complexity index is 768. The van der Waals surface area contributed by atoms with Crippen LogP contribution >= 0.6 is 0 Å². The Hall–Kier alpha value is -2.47. The molecular weight excluding hydrogens is 335 g/mol. The number of methoxy groups -OCH3 is 2. The summed E-state index contributed by atoms with van der Waals surface area (Å²) >= 11 is 0. The highest BCUT2D eigenvalue weighted by atomic mass is 19.1. The van der Waals surface area contributed by atoms with Crippen LogP contribution in [0.25, 0.3) is 0 Å². The summed E-state index contributed by atoms with van der Waals surface area (Å²) in [5.74, 6) is -0.112. The van der Waals surface area contributed by atoms with Gasteiger partial charge in [0.25, 0.3) is 5.91 Å². The zero-order valence-corrected chi connectivity index (χ0v) is 15.0. The second-order valence-electron chi connectivity index (χ2n) is 6.38. The van der Waals surface area contributed by atoms with Gasteiger partial charge in [0.05, 0.1) is 19.3 Å². The van der Waals surface area contributed by atoms with Crippen molar-refractivity contribution in [2.75, 3.05) is 20.8 Å². The van der Waals surface area contributed by atoms with E-state index in [1.165, 1.54) is 19.2 Å². The zero-order valence-electron chi connectivity index (χ0n) is 15.0. The van der Waals surface area contributed by atoms with Gasteiger partial charge in [0.1, 0.15) is 11.4 Å².